The van der Waals surface area contributed by atoms with E-state index < -0.39 is 0 Å². The predicted molar refractivity (Wildman–Crippen MR) is 109 cm³/mol. The van der Waals surface area contributed by atoms with Crippen LogP contribution in [0.1, 0.15) is 61.0 Å². The first-order valence-corrected chi connectivity index (χ1v) is 9.53. The van der Waals surface area contributed by atoms with Crippen LogP contribution in [0.2, 0.25) is 0 Å². The predicted octanol–water partition coefficient (Wildman–Crippen LogP) is 7.69. The number of hydrogen-bond acceptors (Lipinski definition) is 2. The van der Waals surface area contributed by atoms with Gasteiger partial charge in [0.1, 0.15) is 11.5 Å². The summed E-state index contributed by atoms with van der Waals surface area (Å²) < 4.78 is 6.32. The van der Waals surface area contributed by atoms with Crippen molar-refractivity contribution in [3.8, 4) is 11.5 Å². The lowest BCUT2D eigenvalue weighted by Gasteiger charge is -2.24. The standard InChI is InChI=1S/C20H26OS.C2H6/c1-19(2,3)15-12-13-18(22-20(4,5)6)17(14-15)21-16-10-8-7-9-11-16;1-2/h7-14H,1-6H3;1-2H3. The molecule has 0 saturated heterocycles. The van der Waals surface area contributed by atoms with Gasteiger partial charge in [-0.2, -0.15) is 0 Å². The molecule has 0 amide bonds. The summed E-state index contributed by atoms with van der Waals surface area (Å²) in [6.07, 6.45) is 0. The summed E-state index contributed by atoms with van der Waals surface area (Å²) in [5, 5.41) is 0. The minimum atomic E-state index is 0.111. The Morgan fingerprint density at radius 3 is 1.88 bits per heavy atom. The molecule has 2 aromatic rings. The topological polar surface area (TPSA) is 9.23 Å². The molecule has 0 aliphatic heterocycles. The van der Waals surface area contributed by atoms with Crippen LogP contribution in [-0.4, -0.2) is 4.75 Å². The molecular formula is C22H32OS. The minimum Gasteiger partial charge on any atom is -0.456 e. The third kappa shape index (κ3) is 6.60. The fourth-order valence-corrected chi connectivity index (χ4v) is 3.08. The summed E-state index contributed by atoms with van der Waals surface area (Å²) in [5.41, 5.74) is 1.40. The molecule has 0 fully saturated rings. The average molecular weight is 345 g/mol. The normalized spacial score (nSPS) is 11.5. The van der Waals surface area contributed by atoms with Gasteiger partial charge in [0.15, 0.2) is 0 Å². The van der Waals surface area contributed by atoms with E-state index in [1.165, 1.54) is 10.5 Å². The number of hydrogen-bond donors (Lipinski definition) is 0. The second-order valence-electron chi connectivity index (χ2n) is 7.54. The van der Waals surface area contributed by atoms with Crippen molar-refractivity contribution in [1.29, 1.82) is 0 Å². The van der Waals surface area contributed by atoms with E-state index in [1.54, 1.807) is 0 Å². The van der Waals surface area contributed by atoms with E-state index in [0.29, 0.717) is 0 Å². The molecule has 0 bridgehead atoms. The van der Waals surface area contributed by atoms with Crippen LogP contribution < -0.4 is 4.74 Å². The molecule has 2 aromatic carbocycles. The van der Waals surface area contributed by atoms with Crippen molar-refractivity contribution in [3.05, 3.63) is 54.1 Å². The minimum absolute atomic E-state index is 0.111. The molecule has 0 aliphatic rings. The van der Waals surface area contributed by atoms with Gasteiger partial charge in [0.25, 0.3) is 0 Å². The SMILES string of the molecule is CC.CC(C)(C)Sc1ccc(C(C)(C)C)cc1Oc1ccccc1. The second kappa shape index (κ2) is 8.62. The molecule has 0 spiro atoms. The largest absolute Gasteiger partial charge is 0.456 e. The van der Waals surface area contributed by atoms with Crippen molar-refractivity contribution in [2.24, 2.45) is 0 Å². The van der Waals surface area contributed by atoms with Gasteiger partial charge in [-0.25, -0.2) is 0 Å². The van der Waals surface area contributed by atoms with E-state index in [4.69, 9.17) is 4.74 Å². The summed E-state index contributed by atoms with van der Waals surface area (Å²) in [5.74, 6) is 1.82. The molecule has 0 heterocycles. The molecular weight excluding hydrogens is 312 g/mol. The molecule has 0 aromatic heterocycles. The third-order valence-corrected chi connectivity index (χ3v) is 4.37. The van der Waals surface area contributed by atoms with Crippen molar-refractivity contribution < 1.29 is 4.74 Å². The molecule has 0 radical (unpaired) electrons. The van der Waals surface area contributed by atoms with Crippen molar-refractivity contribution >= 4 is 11.8 Å². The van der Waals surface area contributed by atoms with Crippen LogP contribution in [0.3, 0.4) is 0 Å². The van der Waals surface area contributed by atoms with Crippen LogP contribution in [0.15, 0.2) is 53.4 Å². The Balaban J connectivity index is 0.00000139. The highest BCUT2D eigenvalue weighted by Gasteiger charge is 2.20. The Morgan fingerprint density at radius 1 is 0.792 bits per heavy atom. The first-order chi connectivity index (χ1) is 11.1. The van der Waals surface area contributed by atoms with Gasteiger partial charge in [-0.15, -0.1) is 11.8 Å². The van der Waals surface area contributed by atoms with Gasteiger partial charge in [0, 0.05) is 4.75 Å². The zero-order valence-corrected chi connectivity index (χ0v) is 17.3. The number of benzene rings is 2. The molecule has 0 atom stereocenters. The van der Waals surface area contributed by atoms with Gasteiger partial charge in [0.2, 0.25) is 0 Å². The Morgan fingerprint density at radius 2 is 1.38 bits per heavy atom. The molecule has 0 N–H and O–H groups in total. The molecule has 0 aliphatic carbocycles. The van der Waals surface area contributed by atoms with Gasteiger partial charge in [-0.3, -0.25) is 0 Å². The summed E-state index contributed by atoms with van der Waals surface area (Å²) in [4.78, 5) is 1.18. The van der Waals surface area contributed by atoms with Gasteiger partial charge in [-0.1, -0.05) is 79.7 Å². The quantitative estimate of drug-likeness (QED) is 0.528. The van der Waals surface area contributed by atoms with Gasteiger partial charge < -0.3 is 4.74 Å². The Bertz CT molecular complexity index is 619. The van der Waals surface area contributed by atoms with Crippen molar-refractivity contribution in [3.63, 3.8) is 0 Å². The molecule has 1 nitrogen and oxygen atoms in total. The first-order valence-electron chi connectivity index (χ1n) is 8.72. The van der Waals surface area contributed by atoms with Crippen LogP contribution >= 0.6 is 11.8 Å². The van der Waals surface area contributed by atoms with E-state index in [2.05, 4.69) is 59.7 Å². The van der Waals surface area contributed by atoms with E-state index in [-0.39, 0.29) is 10.2 Å². The average Bonchev–Trinajstić information content (AvgIpc) is 2.49. The number of ether oxygens (including phenoxy) is 1. The summed E-state index contributed by atoms with van der Waals surface area (Å²) >= 11 is 1.84. The molecule has 0 saturated carbocycles. The second-order valence-corrected chi connectivity index (χ2v) is 9.41. The van der Waals surface area contributed by atoms with Crippen LogP contribution in [0.4, 0.5) is 0 Å². The lowest BCUT2D eigenvalue weighted by Crippen LogP contribution is -2.12. The lowest BCUT2D eigenvalue weighted by atomic mass is 9.87. The monoisotopic (exact) mass is 344 g/mol. The van der Waals surface area contributed by atoms with E-state index in [0.717, 1.165) is 11.5 Å². The maximum atomic E-state index is 6.17. The Labute approximate surface area is 152 Å². The number of thioether (sulfide) groups is 1. The third-order valence-electron chi connectivity index (χ3n) is 3.20. The number of para-hydroxylation sites is 1. The zero-order valence-electron chi connectivity index (χ0n) is 16.4. The summed E-state index contributed by atoms with van der Waals surface area (Å²) in [7, 11) is 0. The highest BCUT2D eigenvalue weighted by Crippen LogP contribution is 2.41. The maximum Gasteiger partial charge on any atom is 0.141 e. The number of rotatable bonds is 3. The van der Waals surface area contributed by atoms with Crippen LogP contribution in [0.5, 0.6) is 11.5 Å². The van der Waals surface area contributed by atoms with Crippen LogP contribution in [0, 0.1) is 0 Å². The highest BCUT2D eigenvalue weighted by molar-refractivity contribution is 8.00. The smallest absolute Gasteiger partial charge is 0.141 e. The summed E-state index contributed by atoms with van der Waals surface area (Å²) in [6.45, 7) is 17.4. The van der Waals surface area contributed by atoms with E-state index >= 15 is 0 Å². The van der Waals surface area contributed by atoms with Crippen LogP contribution in [-0.2, 0) is 5.41 Å². The Hall–Kier alpha value is -1.41. The fourth-order valence-electron chi connectivity index (χ4n) is 2.08. The van der Waals surface area contributed by atoms with E-state index in [1.807, 2.05) is 55.9 Å². The van der Waals surface area contributed by atoms with Gasteiger partial charge >= 0.3 is 0 Å². The maximum absolute atomic E-state index is 6.17. The van der Waals surface area contributed by atoms with Crippen LogP contribution in [0.25, 0.3) is 0 Å². The van der Waals surface area contributed by atoms with Crippen molar-refractivity contribution in [2.75, 3.05) is 0 Å². The highest BCUT2D eigenvalue weighted by atomic mass is 32.2. The molecule has 24 heavy (non-hydrogen) atoms. The molecule has 132 valence electrons. The molecule has 0 unspecified atom stereocenters. The Kier molecular flexibility index (Phi) is 7.41. The first kappa shape index (κ1) is 20.6. The fraction of sp³-hybridized carbons (Fsp3) is 0.455. The van der Waals surface area contributed by atoms with Crippen molar-refractivity contribution in [1.82, 2.24) is 0 Å². The molecule has 2 heteroatoms. The van der Waals surface area contributed by atoms with Crippen molar-refractivity contribution in [2.45, 2.75) is 70.4 Å². The van der Waals surface area contributed by atoms with Gasteiger partial charge in [0.05, 0.1) is 4.90 Å². The molecule has 2 rings (SSSR count). The summed E-state index contributed by atoms with van der Waals surface area (Å²) in [6, 6.07) is 16.6. The zero-order chi connectivity index (χ0) is 18.4. The van der Waals surface area contributed by atoms with Gasteiger partial charge in [-0.05, 0) is 35.2 Å². The lowest BCUT2D eigenvalue weighted by molar-refractivity contribution is 0.466. The van der Waals surface area contributed by atoms with E-state index in [9.17, 15) is 0 Å².